The van der Waals surface area contributed by atoms with Gasteiger partial charge in [-0.1, -0.05) is 41.8 Å². The molecule has 1 radical (unpaired) electrons. The van der Waals surface area contributed by atoms with Crippen molar-refractivity contribution in [3.63, 3.8) is 0 Å². The van der Waals surface area contributed by atoms with Crippen LogP contribution in [0.5, 0.6) is 0 Å². The number of imidazole rings is 1. The maximum absolute atomic E-state index is 4.60. The number of rotatable bonds is 1. The van der Waals surface area contributed by atoms with Crippen molar-refractivity contribution in [3.05, 3.63) is 91.3 Å². The number of benzene rings is 3. The molecule has 0 N–H and O–H groups in total. The van der Waals surface area contributed by atoms with E-state index in [0.717, 1.165) is 11.0 Å². The van der Waals surface area contributed by atoms with Gasteiger partial charge in [-0.05, 0) is 23.6 Å². The predicted molar refractivity (Wildman–Crippen MR) is 121 cm³/mol. The Morgan fingerprint density at radius 1 is 0.800 bits per heavy atom. The SMILES string of the molecule is [Ir].[c-]1cccc2c1c1nccn1c1sc(-n3c4ccccc4c4ccccc43)cc21. The average molecular weight is 581 g/mol. The second kappa shape index (κ2) is 6.51. The van der Waals surface area contributed by atoms with Gasteiger partial charge in [-0.2, -0.15) is 0 Å². The van der Waals surface area contributed by atoms with Gasteiger partial charge in [-0.15, -0.1) is 41.0 Å². The van der Waals surface area contributed by atoms with Gasteiger partial charge in [0.2, 0.25) is 0 Å². The third-order valence-electron chi connectivity index (χ3n) is 5.73. The van der Waals surface area contributed by atoms with Crippen LogP contribution in [0.1, 0.15) is 0 Å². The van der Waals surface area contributed by atoms with Crippen LogP contribution in [0.3, 0.4) is 0 Å². The van der Waals surface area contributed by atoms with Crippen LogP contribution in [0, 0.1) is 6.07 Å². The van der Waals surface area contributed by atoms with Crippen LogP contribution in [0.2, 0.25) is 0 Å². The fraction of sp³-hybridized carbons (Fsp3) is 0. The van der Waals surface area contributed by atoms with Gasteiger partial charge in [0, 0.05) is 43.3 Å². The first-order chi connectivity index (χ1) is 14.4. The first-order valence-corrected chi connectivity index (χ1v) is 10.4. The maximum Gasteiger partial charge on any atom is 0.102 e. The minimum atomic E-state index is 0. The molecule has 5 heteroatoms. The Labute approximate surface area is 189 Å². The van der Waals surface area contributed by atoms with Gasteiger partial charge in [0.05, 0.1) is 21.5 Å². The molecule has 0 aliphatic heterocycles. The van der Waals surface area contributed by atoms with E-state index in [2.05, 4.69) is 86.7 Å². The number of hydrogen-bond acceptors (Lipinski definition) is 2. The first-order valence-electron chi connectivity index (χ1n) is 9.58. The monoisotopic (exact) mass is 581 g/mol. The molecular weight excluding hydrogens is 567 g/mol. The fourth-order valence-electron chi connectivity index (χ4n) is 4.51. The first kappa shape index (κ1) is 17.8. The molecule has 145 valence electrons. The van der Waals surface area contributed by atoms with Gasteiger partial charge in [0.1, 0.15) is 5.00 Å². The Kier molecular flexibility index (Phi) is 3.87. The maximum atomic E-state index is 4.60. The summed E-state index contributed by atoms with van der Waals surface area (Å²) in [6.07, 6.45) is 3.92. The van der Waals surface area contributed by atoms with E-state index < -0.39 is 0 Å². The molecule has 0 aliphatic rings. The van der Waals surface area contributed by atoms with Crippen molar-refractivity contribution in [2.75, 3.05) is 0 Å². The number of aromatic nitrogens is 3. The van der Waals surface area contributed by atoms with Crippen molar-refractivity contribution in [1.82, 2.24) is 14.0 Å². The van der Waals surface area contributed by atoms with Crippen LogP contribution in [0.15, 0.2) is 85.2 Å². The molecule has 0 amide bonds. The summed E-state index contributed by atoms with van der Waals surface area (Å²) < 4.78 is 4.58. The summed E-state index contributed by atoms with van der Waals surface area (Å²) in [5, 5.41) is 7.28. The van der Waals surface area contributed by atoms with Crippen LogP contribution in [0.25, 0.3) is 53.4 Å². The molecule has 4 heterocycles. The molecule has 4 aromatic heterocycles. The van der Waals surface area contributed by atoms with E-state index in [4.69, 9.17) is 0 Å². The van der Waals surface area contributed by atoms with Crippen molar-refractivity contribution in [1.29, 1.82) is 0 Å². The van der Waals surface area contributed by atoms with Gasteiger partial charge in [0.15, 0.2) is 0 Å². The van der Waals surface area contributed by atoms with Gasteiger partial charge in [0.25, 0.3) is 0 Å². The zero-order valence-electron chi connectivity index (χ0n) is 15.7. The topological polar surface area (TPSA) is 22.2 Å². The van der Waals surface area contributed by atoms with Crippen molar-refractivity contribution < 1.29 is 20.1 Å². The Bertz CT molecular complexity index is 1670. The number of thiophene rings is 1. The molecule has 0 unspecified atom stereocenters. The van der Waals surface area contributed by atoms with Crippen LogP contribution in [0.4, 0.5) is 0 Å². The van der Waals surface area contributed by atoms with E-state index in [1.807, 2.05) is 18.5 Å². The second-order valence-corrected chi connectivity index (χ2v) is 8.26. The molecule has 0 saturated heterocycles. The molecule has 0 saturated carbocycles. The molecule has 30 heavy (non-hydrogen) atoms. The summed E-state index contributed by atoms with van der Waals surface area (Å²) in [4.78, 5) is 5.81. The number of fused-ring (bicyclic) bond motifs is 9. The molecule has 0 bridgehead atoms. The Morgan fingerprint density at radius 2 is 1.50 bits per heavy atom. The molecular formula is C25H14IrN3S-. The third-order valence-corrected chi connectivity index (χ3v) is 6.85. The normalized spacial score (nSPS) is 11.7. The Morgan fingerprint density at radius 3 is 2.27 bits per heavy atom. The standard InChI is InChI=1S/C25H14N3S.Ir/c1-2-10-19-16(7-1)20-15-23(29-25(20)27-14-13-26-24(19)27)28-21-11-5-3-8-17(21)18-9-4-6-12-22(18)28;/h1-9,11-15H;/q-1;. The van der Waals surface area contributed by atoms with Crippen molar-refractivity contribution in [2.45, 2.75) is 0 Å². The molecule has 0 atom stereocenters. The third kappa shape index (κ3) is 2.25. The van der Waals surface area contributed by atoms with E-state index in [0.29, 0.717) is 0 Å². The zero-order valence-corrected chi connectivity index (χ0v) is 18.9. The van der Waals surface area contributed by atoms with Gasteiger partial charge >= 0.3 is 0 Å². The van der Waals surface area contributed by atoms with Crippen LogP contribution in [-0.2, 0) is 20.1 Å². The summed E-state index contributed by atoms with van der Waals surface area (Å²) in [6, 6.07) is 29.2. The smallest absolute Gasteiger partial charge is 0.102 e. The van der Waals surface area contributed by atoms with E-state index >= 15 is 0 Å². The summed E-state index contributed by atoms with van der Waals surface area (Å²) in [6.45, 7) is 0. The molecule has 7 aromatic rings. The summed E-state index contributed by atoms with van der Waals surface area (Å²) >= 11 is 1.81. The van der Waals surface area contributed by atoms with Crippen molar-refractivity contribution >= 4 is 59.8 Å². The van der Waals surface area contributed by atoms with Crippen LogP contribution in [-0.4, -0.2) is 14.0 Å². The summed E-state index contributed by atoms with van der Waals surface area (Å²) in [5.74, 6) is 0. The quantitative estimate of drug-likeness (QED) is 0.201. The number of pyridine rings is 1. The van der Waals surface area contributed by atoms with Crippen molar-refractivity contribution in [3.8, 4) is 5.00 Å². The van der Waals surface area contributed by atoms with Crippen LogP contribution >= 0.6 is 11.3 Å². The second-order valence-electron chi connectivity index (χ2n) is 7.25. The number of para-hydroxylation sites is 2. The molecule has 0 spiro atoms. The minimum Gasteiger partial charge on any atom is -0.332 e. The fourth-order valence-corrected chi connectivity index (χ4v) is 5.70. The number of hydrogen-bond donors (Lipinski definition) is 0. The molecule has 0 fully saturated rings. The molecule has 3 nitrogen and oxygen atoms in total. The summed E-state index contributed by atoms with van der Waals surface area (Å²) in [7, 11) is 0. The van der Waals surface area contributed by atoms with Crippen molar-refractivity contribution in [2.24, 2.45) is 0 Å². The van der Waals surface area contributed by atoms with E-state index in [1.165, 1.54) is 42.4 Å². The van der Waals surface area contributed by atoms with Gasteiger partial charge in [-0.25, -0.2) is 0 Å². The Balaban J connectivity index is 0.00000175. The molecule has 0 aliphatic carbocycles. The average Bonchev–Trinajstić information content (AvgIpc) is 3.49. The van der Waals surface area contributed by atoms with E-state index in [-0.39, 0.29) is 20.1 Å². The minimum absolute atomic E-state index is 0. The number of nitrogens with zero attached hydrogens (tertiary/aromatic N) is 3. The van der Waals surface area contributed by atoms with E-state index in [1.54, 1.807) is 11.3 Å². The zero-order chi connectivity index (χ0) is 18.9. The predicted octanol–water partition coefficient (Wildman–Crippen LogP) is 6.60. The van der Waals surface area contributed by atoms with E-state index in [9.17, 15) is 0 Å². The molecule has 7 rings (SSSR count). The van der Waals surface area contributed by atoms with Gasteiger partial charge < -0.3 is 8.97 Å². The van der Waals surface area contributed by atoms with Crippen LogP contribution < -0.4 is 0 Å². The Hall–Kier alpha value is -2.98. The van der Waals surface area contributed by atoms with Gasteiger partial charge in [-0.3, -0.25) is 4.98 Å². The molecule has 3 aromatic carbocycles. The summed E-state index contributed by atoms with van der Waals surface area (Å²) in [5.41, 5.74) is 3.43. The largest absolute Gasteiger partial charge is 0.332 e.